The summed E-state index contributed by atoms with van der Waals surface area (Å²) in [5.41, 5.74) is 1.19. The number of carbonyl (C=O) groups excluding carboxylic acids is 1. The third-order valence-electron chi connectivity index (χ3n) is 4.95. The van der Waals surface area contributed by atoms with Crippen molar-refractivity contribution < 1.29 is 9.18 Å². The third kappa shape index (κ3) is 5.13. The van der Waals surface area contributed by atoms with Crippen molar-refractivity contribution in [1.82, 2.24) is 9.80 Å². The van der Waals surface area contributed by atoms with Gasteiger partial charge in [0.25, 0.3) is 5.91 Å². The van der Waals surface area contributed by atoms with Crippen LogP contribution in [-0.2, 0) is 6.42 Å². The van der Waals surface area contributed by atoms with Crippen molar-refractivity contribution in [3.8, 4) is 0 Å². The molecule has 1 saturated heterocycles. The number of thiophene rings is 1. The predicted molar refractivity (Wildman–Crippen MR) is 101 cm³/mol. The van der Waals surface area contributed by atoms with Crippen molar-refractivity contribution in [2.45, 2.75) is 19.3 Å². The average molecular weight is 360 g/mol. The molecule has 0 saturated carbocycles. The SMILES string of the molecule is CN(CC1CCN(CCc2ccc(F)cc2)CC1)C(=O)c1cccs1. The van der Waals surface area contributed by atoms with Crippen LogP contribution >= 0.6 is 11.3 Å². The Labute approximate surface area is 153 Å². The van der Waals surface area contributed by atoms with Crippen LogP contribution in [0.3, 0.4) is 0 Å². The maximum Gasteiger partial charge on any atom is 0.263 e. The molecule has 1 aromatic carbocycles. The summed E-state index contributed by atoms with van der Waals surface area (Å²) < 4.78 is 12.9. The first-order valence-corrected chi connectivity index (χ1v) is 9.75. The highest BCUT2D eigenvalue weighted by atomic mass is 32.1. The van der Waals surface area contributed by atoms with Gasteiger partial charge in [0.1, 0.15) is 5.82 Å². The molecule has 0 aliphatic carbocycles. The summed E-state index contributed by atoms with van der Waals surface area (Å²) in [6, 6.07) is 10.6. The molecular formula is C20H25FN2OS. The molecule has 1 aliphatic heterocycles. The minimum atomic E-state index is -0.175. The van der Waals surface area contributed by atoms with E-state index in [4.69, 9.17) is 0 Å². The van der Waals surface area contributed by atoms with Crippen molar-refractivity contribution in [2.24, 2.45) is 5.92 Å². The van der Waals surface area contributed by atoms with E-state index in [-0.39, 0.29) is 11.7 Å². The molecule has 1 amide bonds. The van der Waals surface area contributed by atoms with Gasteiger partial charge in [0.05, 0.1) is 4.88 Å². The van der Waals surface area contributed by atoms with E-state index in [9.17, 15) is 9.18 Å². The second-order valence-corrected chi connectivity index (χ2v) is 7.77. The Balaban J connectivity index is 1.39. The molecule has 0 atom stereocenters. The number of amides is 1. The molecule has 0 N–H and O–H groups in total. The Morgan fingerprint density at radius 3 is 2.60 bits per heavy atom. The summed E-state index contributed by atoms with van der Waals surface area (Å²) in [6.07, 6.45) is 3.22. The largest absolute Gasteiger partial charge is 0.341 e. The zero-order chi connectivity index (χ0) is 17.6. The van der Waals surface area contributed by atoms with E-state index in [2.05, 4.69) is 4.90 Å². The fraction of sp³-hybridized carbons (Fsp3) is 0.450. The number of carbonyl (C=O) groups is 1. The van der Waals surface area contributed by atoms with E-state index >= 15 is 0 Å². The van der Waals surface area contributed by atoms with Crippen LogP contribution in [0.2, 0.25) is 0 Å². The second-order valence-electron chi connectivity index (χ2n) is 6.82. The van der Waals surface area contributed by atoms with Gasteiger partial charge in [-0.2, -0.15) is 0 Å². The summed E-state index contributed by atoms with van der Waals surface area (Å²) in [5, 5.41) is 1.95. The Morgan fingerprint density at radius 2 is 1.96 bits per heavy atom. The summed E-state index contributed by atoms with van der Waals surface area (Å²) >= 11 is 1.50. The van der Waals surface area contributed by atoms with Crippen LogP contribution in [0.4, 0.5) is 4.39 Å². The van der Waals surface area contributed by atoms with E-state index < -0.39 is 0 Å². The van der Waals surface area contributed by atoms with Crippen molar-refractivity contribution in [1.29, 1.82) is 0 Å². The first-order valence-electron chi connectivity index (χ1n) is 8.87. The van der Waals surface area contributed by atoms with E-state index in [1.54, 1.807) is 0 Å². The first-order chi connectivity index (χ1) is 12.1. The zero-order valence-corrected chi connectivity index (χ0v) is 15.5. The Bertz CT molecular complexity index is 664. The molecule has 0 radical (unpaired) electrons. The second kappa shape index (κ2) is 8.59. The lowest BCUT2D eigenvalue weighted by Crippen LogP contribution is -2.40. The highest BCUT2D eigenvalue weighted by molar-refractivity contribution is 7.12. The highest BCUT2D eigenvalue weighted by Gasteiger charge is 2.22. The van der Waals surface area contributed by atoms with Crippen molar-refractivity contribution in [3.63, 3.8) is 0 Å². The lowest BCUT2D eigenvalue weighted by Gasteiger charge is -2.33. The zero-order valence-electron chi connectivity index (χ0n) is 14.7. The average Bonchev–Trinajstić information content (AvgIpc) is 3.16. The van der Waals surface area contributed by atoms with E-state index in [1.165, 1.54) is 29.0 Å². The minimum Gasteiger partial charge on any atom is -0.341 e. The van der Waals surface area contributed by atoms with Crippen LogP contribution in [0.1, 0.15) is 28.1 Å². The van der Waals surface area contributed by atoms with Crippen LogP contribution in [-0.4, -0.2) is 48.9 Å². The van der Waals surface area contributed by atoms with Crippen LogP contribution < -0.4 is 0 Å². The summed E-state index contributed by atoms with van der Waals surface area (Å²) in [4.78, 5) is 17.5. The topological polar surface area (TPSA) is 23.6 Å². The van der Waals surface area contributed by atoms with Crippen molar-refractivity contribution in [3.05, 3.63) is 58.0 Å². The molecule has 3 rings (SSSR count). The van der Waals surface area contributed by atoms with E-state index in [0.717, 1.165) is 50.3 Å². The number of hydrogen-bond donors (Lipinski definition) is 0. The molecule has 0 unspecified atom stereocenters. The van der Waals surface area contributed by atoms with Gasteiger partial charge >= 0.3 is 0 Å². The molecule has 2 aromatic rings. The molecule has 0 bridgehead atoms. The number of likely N-dealkylation sites (tertiary alicyclic amines) is 1. The molecular weight excluding hydrogens is 335 g/mol. The van der Waals surface area contributed by atoms with Crippen LogP contribution in [0.5, 0.6) is 0 Å². The number of rotatable bonds is 6. The van der Waals surface area contributed by atoms with E-state index in [0.29, 0.717) is 5.92 Å². The molecule has 0 spiro atoms. The van der Waals surface area contributed by atoms with Gasteiger partial charge in [-0.1, -0.05) is 18.2 Å². The van der Waals surface area contributed by atoms with Crippen LogP contribution in [0.25, 0.3) is 0 Å². The standard InChI is InChI=1S/C20H25FN2OS/c1-22(20(24)19-3-2-14-25-19)15-17-9-12-23(13-10-17)11-8-16-4-6-18(21)7-5-16/h2-7,14,17H,8-13,15H2,1H3. The maximum absolute atomic E-state index is 12.9. The van der Waals surface area contributed by atoms with E-state index in [1.807, 2.05) is 41.6 Å². The summed E-state index contributed by atoms with van der Waals surface area (Å²) in [6.45, 7) is 4.00. The highest BCUT2D eigenvalue weighted by Crippen LogP contribution is 2.20. The van der Waals surface area contributed by atoms with Gasteiger partial charge in [0, 0.05) is 20.1 Å². The van der Waals surface area contributed by atoms with Gasteiger partial charge in [-0.25, -0.2) is 4.39 Å². The van der Waals surface area contributed by atoms with Crippen LogP contribution in [0, 0.1) is 11.7 Å². The Morgan fingerprint density at radius 1 is 1.24 bits per heavy atom. The number of halogens is 1. The molecule has 1 aromatic heterocycles. The fourth-order valence-corrected chi connectivity index (χ4v) is 4.11. The quantitative estimate of drug-likeness (QED) is 0.780. The molecule has 1 aliphatic rings. The number of benzene rings is 1. The minimum absolute atomic E-state index is 0.133. The predicted octanol–water partition coefficient (Wildman–Crippen LogP) is 3.91. The lowest BCUT2D eigenvalue weighted by atomic mass is 9.96. The van der Waals surface area contributed by atoms with Crippen LogP contribution in [0.15, 0.2) is 41.8 Å². The number of nitrogens with zero attached hydrogens (tertiary/aromatic N) is 2. The van der Waals surface area contributed by atoms with Gasteiger partial charge in [0.15, 0.2) is 0 Å². The van der Waals surface area contributed by atoms with Crippen molar-refractivity contribution in [2.75, 3.05) is 33.2 Å². The number of hydrogen-bond acceptors (Lipinski definition) is 3. The van der Waals surface area contributed by atoms with Gasteiger partial charge in [-0.3, -0.25) is 4.79 Å². The number of piperidine rings is 1. The Hall–Kier alpha value is -1.72. The van der Waals surface area contributed by atoms with Gasteiger partial charge in [0.2, 0.25) is 0 Å². The van der Waals surface area contributed by atoms with Gasteiger partial charge < -0.3 is 9.80 Å². The maximum atomic E-state index is 12.9. The molecule has 1 fully saturated rings. The normalized spacial score (nSPS) is 16.1. The van der Waals surface area contributed by atoms with Gasteiger partial charge in [-0.05, 0) is 67.4 Å². The molecule has 25 heavy (non-hydrogen) atoms. The fourth-order valence-electron chi connectivity index (χ4n) is 3.39. The summed E-state index contributed by atoms with van der Waals surface area (Å²) in [7, 11) is 1.91. The van der Waals surface area contributed by atoms with Crippen molar-refractivity contribution >= 4 is 17.2 Å². The summed E-state index contributed by atoms with van der Waals surface area (Å²) in [5.74, 6) is 0.538. The molecule has 5 heteroatoms. The Kier molecular flexibility index (Phi) is 6.21. The first kappa shape index (κ1) is 18.1. The third-order valence-corrected chi connectivity index (χ3v) is 5.81. The monoisotopic (exact) mass is 360 g/mol. The molecule has 2 heterocycles. The smallest absolute Gasteiger partial charge is 0.263 e. The molecule has 3 nitrogen and oxygen atoms in total. The van der Waals surface area contributed by atoms with Gasteiger partial charge in [-0.15, -0.1) is 11.3 Å². The lowest BCUT2D eigenvalue weighted by molar-refractivity contribution is 0.0745. The molecule has 134 valence electrons.